The van der Waals surface area contributed by atoms with E-state index in [2.05, 4.69) is 17.5 Å². The standard InChI is InChI=1S/C21H22N2O4/c24-19(22-11-14-4-3-9-27-14)15-5-1-2-6-16(15)23-20(25)17-12-7-8-13(10-12)18(17)21(23)26/h1-2,5-8,12-14,17-18H,3-4,9-11H2,(H,22,24)/t12-,13-,14-,17+,18+/m0/s1. The highest BCUT2D eigenvalue weighted by atomic mass is 16.5. The van der Waals surface area contributed by atoms with Crippen LogP contribution in [0.2, 0.25) is 0 Å². The quantitative estimate of drug-likeness (QED) is 0.652. The Morgan fingerprint density at radius 2 is 1.81 bits per heavy atom. The number of hydrogen-bond acceptors (Lipinski definition) is 4. The first-order valence-electron chi connectivity index (χ1n) is 9.70. The summed E-state index contributed by atoms with van der Waals surface area (Å²) in [5.41, 5.74) is 0.753. The highest BCUT2D eigenvalue weighted by molar-refractivity contribution is 6.24. The van der Waals surface area contributed by atoms with Crippen molar-refractivity contribution in [3.8, 4) is 0 Å². The van der Waals surface area contributed by atoms with Crippen molar-refractivity contribution in [3.05, 3.63) is 42.0 Å². The minimum absolute atomic E-state index is 0.0391. The Balaban J connectivity index is 1.40. The fourth-order valence-electron chi connectivity index (χ4n) is 5.11. The van der Waals surface area contributed by atoms with Crippen molar-refractivity contribution >= 4 is 23.4 Å². The number of imide groups is 1. The van der Waals surface area contributed by atoms with Crippen molar-refractivity contribution in [2.24, 2.45) is 23.7 Å². The van der Waals surface area contributed by atoms with E-state index in [-0.39, 0.29) is 47.5 Å². The molecule has 0 spiro atoms. The maximum atomic E-state index is 13.0. The third-order valence-corrected chi connectivity index (χ3v) is 6.37. The van der Waals surface area contributed by atoms with Gasteiger partial charge in [-0.1, -0.05) is 24.3 Å². The van der Waals surface area contributed by atoms with E-state index in [9.17, 15) is 14.4 Å². The Morgan fingerprint density at radius 1 is 1.11 bits per heavy atom. The molecule has 1 aromatic rings. The molecule has 6 heteroatoms. The Kier molecular flexibility index (Phi) is 3.90. The normalized spacial score (nSPS) is 33.8. The van der Waals surface area contributed by atoms with Crippen LogP contribution >= 0.6 is 0 Å². The molecule has 3 amide bonds. The molecule has 0 unspecified atom stereocenters. The fraction of sp³-hybridized carbons (Fsp3) is 0.476. The molecule has 3 fully saturated rings. The molecular weight excluding hydrogens is 344 g/mol. The Bertz CT molecular complexity index is 812. The smallest absolute Gasteiger partial charge is 0.253 e. The lowest BCUT2D eigenvalue weighted by Crippen LogP contribution is -2.36. The Labute approximate surface area is 157 Å². The minimum atomic E-state index is -0.278. The topological polar surface area (TPSA) is 75.7 Å². The molecule has 0 aromatic heterocycles. The largest absolute Gasteiger partial charge is 0.376 e. The first kappa shape index (κ1) is 16.7. The van der Waals surface area contributed by atoms with Gasteiger partial charge in [0.05, 0.1) is 29.2 Å². The summed E-state index contributed by atoms with van der Waals surface area (Å²) in [5.74, 6) is -0.836. The second-order valence-corrected chi connectivity index (χ2v) is 7.87. The van der Waals surface area contributed by atoms with Gasteiger partial charge in [0.25, 0.3) is 5.91 Å². The Hall–Kier alpha value is -2.47. The number of allylic oxidation sites excluding steroid dienone is 2. The SMILES string of the molecule is O=C(NC[C@@H]1CCCO1)c1ccccc1N1C(=O)[C@H]2[C@H](C1=O)[C@H]1C=C[C@H]2C1. The molecule has 2 bridgehead atoms. The molecule has 5 rings (SSSR count). The maximum absolute atomic E-state index is 13.0. The number of ether oxygens (including phenoxy) is 1. The Morgan fingerprint density at radius 3 is 2.48 bits per heavy atom. The minimum Gasteiger partial charge on any atom is -0.376 e. The average molecular weight is 366 g/mol. The molecule has 0 radical (unpaired) electrons. The first-order valence-corrected chi connectivity index (χ1v) is 9.70. The molecule has 2 heterocycles. The zero-order chi connectivity index (χ0) is 18.5. The first-order chi connectivity index (χ1) is 13.1. The molecule has 140 valence electrons. The summed E-state index contributed by atoms with van der Waals surface area (Å²) in [6.07, 6.45) is 7.01. The molecule has 1 saturated carbocycles. The van der Waals surface area contributed by atoms with Crippen LogP contribution in [0.5, 0.6) is 0 Å². The van der Waals surface area contributed by atoms with E-state index in [1.807, 2.05) is 0 Å². The number of amides is 3. The number of carbonyl (C=O) groups excluding carboxylic acids is 3. The summed E-state index contributed by atoms with van der Waals surface area (Å²) < 4.78 is 5.54. The van der Waals surface area contributed by atoms with E-state index in [1.165, 1.54) is 4.90 Å². The molecule has 2 aliphatic heterocycles. The molecule has 1 aromatic carbocycles. The van der Waals surface area contributed by atoms with Crippen LogP contribution in [0.3, 0.4) is 0 Å². The zero-order valence-electron chi connectivity index (χ0n) is 15.0. The number of nitrogens with one attached hydrogen (secondary N) is 1. The summed E-state index contributed by atoms with van der Waals surface area (Å²) in [6.45, 7) is 1.17. The zero-order valence-corrected chi connectivity index (χ0v) is 15.0. The summed E-state index contributed by atoms with van der Waals surface area (Å²) in [5, 5.41) is 2.89. The number of carbonyl (C=O) groups is 3. The van der Waals surface area contributed by atoms with Crippen LogP contribution in [0.1, 0.15) is 29.6 Å². The van der Waals surface area contributed by atoms with Gasteiger partial charge >= 0.3 is 0 Å². The van der Waals surface area contributed by atoms with Gasteiger partial charge in [0, 0.05) is 13.2 Å². The van der Waals surface area contributed by atoms with Crippen molar-refractivity contribution in [2.45, 2.75) is 25.4 Å². The van der Waals surface area contributed by atoms with E-state index in [1.54, 1.807) is 24.3 Å². The number of benzene rings is 1. The van der Waals surface area contributed by atoms with E-state index in [0.29, 0.717) is 17.8 Å². The fourth-order valence-corrected chi connectivity index (χ4v) is 5.11. The van der Waals surface area contributed by atoms with Gasteiger partial charge in [-0.2, -0.15) is 0 Å². The van der Waals surface area contributed by atoms with Crippen LogP contribution in [0.25, 0.3) is 0 Å². The third-order valence-electron chi connectivity index (χ3n) is 6.37. The van der Waals surface area contributed by atoms with Crippen LogP contribution in [-0.2, 0) is 14.3 Å². The molecule has 4 aliphatic rings. The van der Waals surface area contributed by atoms with Crippen LogP contribution < -0.4 is 10.2 Å². The lowest BCUT2D eigenvalue weighted by Gasteiger charge is -2.20. The van der Waals surface area contributed by atoms with E-state index < -0.39 is 0 Å². The molecule has 2 aliphatic carbocycles. The van der Waals surface area contributed by atoms with Gasteiger partial charge in [-0.25, -0.2) is 4.90 Å². The van der Waals surface area contributed by atoms with Crippen molar-refractivity contribution in [1.29, 1.82) is 0 Å². The van der Waals surface area contributed by atoms with E-state index >= 15 is 0 Å². The number of para-hydroxylation sites is 1. The highest BCUT2D eigenvalue weighted by Crippen LogP contribution is 2.53. The summed E-state index contributed by atoms with van der Waals surface area (Å²) in [4.78, 5) is 40.1. The second kappa shape index (κ2) is 6.30. The summed E-state index contributed by atoms with van der Waals surface area (Å²) >= 11 is 0. The van der Waals surface area contributed by atoms with Crippen LogP contribution in [-0.4, -0.2) is 37.0 Å². The third kappa shape index (κ3) is 2.54. The maximum Gasteiger partial charge on any atom is 0.253 e. The number of rotatable bonds is 4. The van der Waals surface area contributed by atoms with Crippen LogP contribution in [0.15, 0.2) is 36.4 Å². The molecule has 2 saturated heterocycles. The van der Waals surface area contributed by atoms with Crippen LogP contribution in [0, 0.1) is 23.7 Å². The van der Waals surface area contributed by atoms with Gasteiger partial charge in [0.2, 0.25) is 11.8 Å². The second-order valence-electron chi connectivity index (χ2n) is 7.87. The predicted octanol–water partition coefficient (Wildman–Crippen LogP) is 1.91. The molecular formula is C21H22N2O4. The van der Waals surface area contributed by atoms with Crippen molar-refractivity contribution in [3.63, 3.8) is 0 Å². The number of fused-ring (bicyclic) bond motifs is 5. The summed E-state index contributed by atoms with van der Waals surface area (Å²) in [6, 6.07) is 6.87. The molecule has 27 heavy (non-hydrogen) atoms. The van der Waals surface area contributed by atoms with Crippen molar-refractivity contribution in [1.82, 2.24) is 5.32 Å². The van der Waals surface area contributed by atoms with Gasteiger partial charge in [0.15, 0.2) is 0 Å². The summed E-state index contributed by atoms with van der Waals surface area (Å²) in [7, 11) is 0. The number of anilines is 1. The van der Waals surface area contributed by atoms with E-state index in [4.69, 9.17) is 4.74 Å². The molecule has 1 N–H and O–H groups in total. The molecule has 5 atom stereocenters. The van der Waals surface area contributed by atoms with E-state index in [0.717, 1.165) is 25.9 Å². The van der Waals surface area contributed by atoms with Crippen molar-refractivity contribution < 1.29 is 19.1 Å². The highest BCUT2D eigenvalue weighted by Gasteiger charge is 2.59. The van der Waals surface area contributed by atoms with Gasteiger partial charge < -0.3 is 10.1 Å². The van der Waals surface area contributed by atoms with Gasteiger partial charge in [-0.05, 0) is 43.2 Å². The monoisotopic (exact) mass is 366 g/mol. The van der Waals surface area contributed by atoms with Gasteiger partial charge in [-0.15, -0.1) is 0 Å². The average Bonchev–Trinajstić information content (AvgIpc) is 3.45. The van der Waals surface area contributed by atoms with Crippen LogP contribution in [0.4, 0.5) is 5.69 Å². The molecule has 6 nitrogen and oxygen atoms in total. The lowest BCUT2D eigenvalue weighted by atomic mass is 9.85. The lowest BCUT2D eigenvalue weighted by molar-refractivity contribution is -0.123. The number of nitrogens with zero attached hydrogens (tertiary/aromatic N) is 1. The number of hydrogen-bond donors (Lipinski definition) is 1. The predicted molar refractivity (Wildman–Crippen MR) is 98.0 cm³/mol. The van der Waals surface area contributed by atoms with Gasteiger partial charge in [-0.3, -0.25) is 14.4 Å². The van der Waals surface area contributed by atoms with Gasteiger partial charge in [0.1, 0.15) is 0 Å². The van der Waals surface area contributed by atoms with Crippen molar-refractivity contribution in [2.75, 3.05) is 18.1 Å².